The number of carbonyl (C=O) groups is 1. The van der Waals surface area contributed by atoms with E-state index < -0.39 is 16.2 Å². The summed E-state index contributed by atoms with van der Waals surface area (Å²) < 4.78 is 33.9. The van der Waals surface area contributed by atoms with Crippen LogP contribution in [0.3, 0.4) is 0 Å². The second kappa shape index (κ2) is 6.00. The van der Waals surface area contributed by atoms with Gasteiger partial charge in [-0.05, 0) is 38.1 Å². The molecular weight excluding hydrogens is 296 g/mol. The number of rotatable bonds is 4. The molecule has 116 valence electrons. The molecule has 8 heteroatoms. The van der Waals surface area contributed by atoms with E-state index in [1.165, 1.54) is 28.6 Å². The first-order chi connectivity index (χ1) is 9.78. The number of carboxylic acids is 1. The van der Waals surface area contributed by atoms with Gasteiger partial charge in [0.25, 0.3) is 0 Å². The summed E-state index contributed by atoms with van der Waals surface area (Å²) in [4.78, 5) is 10.8. The number of nitrogens with one attached hydrogen (secondary N) is 1. The van der Waals surface area contributed by atoms with Crippen molar-refractivity contribution >= 4 is 21.9 Å². The number of benzene rings is 1. The molecule has 1 heterocycles. The van der Waals surface area contributed by atoms with Crippen molar-refractivity contribution in [1.29, 1.82) is 0 Å². The molecule has 1 aliphatic rings. The van der Waals surface area contributed by atoms with Crippen LogP contribution in [0.2, 0.25) is 0 Å². The third-order valence-electron chi connectivity index (χ3n) is 3.10. The standard InChI is InChI=1S/C13H18N2O5S/c1-9-7-15(8-10(2)20-9)21(18,19)14-12-5-3-11(4-6-12)13(16)17/h3-6,9-10,14H,7-8H2,1-2H3,(H,16,17)/t9-,10-/m1/s1. The zero-order valence-corrected chi connectivity index (χ0v) is 12.6. The molecule has 0 radical (unpaired) electrons. The molecule has 0 spiro atoms. The van der Waals surface area contributed by atoms with Gasteiger partial charge in [-0.1, -0.05) is 0 Å². The van der Waals surface area contributed by atoms with Gasteiger partial charge in [0, 0.05) is 18.8 Å². The Bertz CT molecular complexity index is 604. The Morgan fingerprint density at radius 3 is 2.24 bits per heavy atom. The molecule has 1 aromatic rings. The first kappa shape index (κ1) is 15.7. The molecule has 2 rings (SSSR count). The topological polar surface area (TPSA) is 95.9 Å². The normalized spacial score (nSPS) is 23.7. The van der Waals surface area contributed by atoms with Crippen molar-refractivity contribution in [2.75, 3.05) is 17.8 Å². The average Bonchev–Trinajstić information content (AvgIpc) is 2.37. The van der Waals surface area contributed by atoms with Gasteiger partial charge in [0.05, 0.1) is 17.8 Å². The monoisotopic (exact) mass is 314 g/mol. The molecule has 0 aromatic heterocycles. The van der Waals surface area contributed by atoms with Crippen LogP contribution in [-0.2, 0) is 14.9 Å². The number of carboxylic acid groups (broad SMARTS) is 1. The van der Waals surface area contributed by atoms with Crippen molar-refractivity contribution in [3.8, 4) is 0 Å². The highest BCUT2D eigenvalue weighted by atomic mass is 32.2. The second-order valence-corrected chi connectivity index (χ2v) is 6.73. The minimum absolute atomic E-state index is 0.103. The van der Waals surface area contributed by atoms with Crippen molar-refractivity contribution in [2.24, 2.45) is 0 Å². The van der Waals surface area contributed by atoms with E-state index in [4.69, 9.17) is 9.84 Å². The molecule has 21 heavy (non-hydrogen) atoms. The molecule has 1 aliphatic heterocycles. The molecule has 1 saturated heterocycles. The minimum Gasteiger partial charge on any atom is -0.478 e. The molecule has 1 aromatic carbocycles. The fourth-order valence-electron chi connectivity index (χ4n) is 2.22. The first-order valence-electron chi connectivity index (χ1n) is 6.54. The van der Waals surface area contributed by atoms with Crippen LogP contribution < -0.4 is 4.72 Å². The van der Waals surface area contributed by atoms with Gasteiger partial charge in [0.2, 0.25) is 0 Å². The molecular formula is C13H18N2O5S. The molecule has 0 unspecified atom stereocenters. The van der Waals surface area contributed by atoms with Gasteiger partial charge < -0.3 is 9.84 Å². The Labute approximate surface area is 123 Å². The smallest absolute Gasteiger partial charge is 0.335 e. The summed E-state index contributed by atoms with van der Waals surface area (Å²) in [6.07, 6.45) is -0.334. The summed E-state index contributed by atoms with van der Waals surface area (Å²) in [5.74, 6) is -1.06. The highest BCUT2D eigenvalue weighted by Crippen LogP contribution is 2.18. The van der Waals surface area contributed by atoms with Gasteiger partial charge in [0.15, 0.2) is 0 Å². The van der Waals surface area contributed by atoms with Crippen LogP contribution in [0.4, 0.5) is 5.69 Å². The molecule has 1 fully saturated rings. The lowest BCUT2D eigenvalue weighted by atomic mass is 10.2. The van der Waals surface area contributed by atoms with Gasteiger partial charge in [-0.3, -0.25) is 4.72 Å². The van der Waals surface area contributed by atoms with Crippen LogP contribution in [-0.4, -0.2) is 49.1 Å². The summed E-state index contributed by atoms with van der Waals surface area (Å²) in [5, 5.41) is 8.81. The highest BCUT2D eigenvalue weighted by molar-refractivity contribution is 7.90. The van der Waals surface area contributed by atoms with E-state index in [1.54, 1.807) is 0 Å². The lowest BCUT2D eigenvalue weighted by molar-refractivity contribution is -0.0439. The number of anilines is 1. The summed E-state index contributed by atoms with van der Waals surface area (Å²) >= 11 is 0. The molecule has 0 saturated carbocycles. The Kier molecular flexibility index (Phi) is 4.50. The van der Waals surface area contributed by atoms with E-state index in [9.17, 15) is 13.2 Å². The highest BCUT2D eigenvalue weighted by Gasteiger charge is 2.30. The van der Waals surface area contributed by atoms with Crippen molar-refractivity contribution < 1.29 is 23.1 Å². The van der Waals surface area contributed by atoms with Crippen LogP contribution in [0.15, 0.2) is 24.3 Å². The van der Waals surface area contributed by atoms with Crippen molar-refractivity contribution in [3.05, 3.63) is 29.8 Å². The Morgan fingerprint density at radius 1 is 1.24 bits per heavy atom. The van der Waals surface area contributed by atoms with E-state index in [1.807, 2.05) is 13.8 Å². The summed E-state index contributed by atoms with van der Waals surface area (Å²) in [6, 6.07) is 5.55. The van der Waals surface area contributed by atoms with Gasteiger partial charge in [-0.25, -0.2) is 4.79 Å². The predicted molar refractivity (Wildman–Crippen MR) is 77.5 cm³/mol. The zero-order chi connectivity index (χ0) is 15.6. The fourth-order valence-corrected chi connectivity index (χ4v) is 3.60. The van der Waals surface area contributed by atoms with Gasteiger partial charge in [-0.2, -0.15) is 12.7 Å². The maximum atomic E-state index is 12.3. The van der Waals surface area contributed by atoms with E-state index >= 15 is 0 Å². The van der Waals surface area contributed by atoms with Crippen molar-refractivity contribution in [3.63, 3.8) is 0 Å². The van der Waals surface area contributed by atoms with Crippen LogP contribution >= 0.6 is 0 Å². The maximum absolute atomic E-state index is 12.3. The summed E-state index contributed by atoms with van der Waals surface area (Å²) in [7, 11) is -3.68. The lowest BCUT2D eigenvalue weighted by Gasteiger charge is -2.34. The van der Waals surface area contributed by atoms with Crippen molar-refractivity contribution in [2.45, 2.75) is 26.1 Å². The third kappa shape index (κ3) is 3.93. The number of morpholine rings is 1. The number of hydrogen-bond acceptors (Lipinski definition) is 4. The molecule has 7 nitrogen and oxygen atoms in total. The van der Waals surface area contributed by atoms with Crippen LogP contribution in [0, 0.1) is 0 Å². The van der Waals surface area contributed by atoms with E-state index in [-0.39, 0.29) is 30.9 Å². The summed E-state index contributed by atoms with van der Waals surface area (Å²) in [6.45, 7) is 4.21. The first-order valence-corrected chi connectivity index (χ1v) is 7.98. The Balaban J connectivity index is 2.11. The second-order valence-electron chi connectivity index (χ2n) is 5.06. The quantitative estimate of drug-likeness (QED) is 0.869. The van der Waals surface area contributed by atoms with Crippen LogP contribution in [0.5, 0.6) is 0 Å². The molecule has 0 aliphatic carbocycles. The SMILES string of the molecule is C[C@@H]1CN(S(=O)(=O)Nc2ccc(C(=O)O)cc2)C[C@@H](C)O1. The van der Waals surface area contributed by atoms with Crippen LogP contribution in [0.25, 0.3) is 0 Å². The lowest BCUT2D eigenvalue weighted by Crippen LogP contribution is -2.49. The zero-order valence-electron chi connectivity index (χ0n) is 11.8. The average molecular weight is 314 g/mol. The van der Waals surface area contributed by atoms with Gasteiger partial charge in [0.1, 0.15) is 0 Å². The fraction of sp³-hybridized carbons (Fsp3) is 0.462. The predicted octanol–water partition coefficient (Wildman–Crippen LogP) is 1.15. The van der Waals surface area contributed by atoms with Gasteiger partial charge in [-0.15, -0.1) is 0 Å². The summed E-state index contributed by atoms with van der Waals surface area (Å²) in [5.41, 5.74) is 0.429. The van der Waals surface area contributed by atoms with E-state index in [0.29, 0.717) is 5.69 Å². The molecule has 2 N–H and O–H groups in total. The van der Waals surface area contributed by atoms with Gasteiger partial charge >= 0.3 is 16.2 Å². The van der Waals surface area contributed by atoms with Crippen molar-refractivity contribution in [1.82, 2.24) is 4.31 Å². The minimum atomic E-state index is -3.68. The number of ether oxygens (including phenoxy) is 1. The molecule has 2 atom stereocenters. The van der Waals surface area contributed by atoms with Crippen LogP contribution in [0.1, 0.15) is 24.2 Å². The molecule has 0 bridgehead atoms. The molecule has 0 amide bonds. The number of nitrogens with zero attached hydrogens (tertiary/aromatic N) is 1. The van der Waals surface area contributed by atoms with E-state index in [0.717, 1.165) is 0 Å². The van der Waals surface area contributed by atoms with E-state index in [2.05, 4.69) is 4.72 Å². The maximum Gasteiger partial charge on any atom is 0.335 e. The number of aromatic carboxylic acids is 1. The Morgan fingerprint density at radius 2 is 1.76 bits per heavy atom. The Hall–Kier alpha value is -1.64. The largest absolute Gasteiger partial charge is 0.478 e. The number of hydrogen-bond donors (Lipinski definition) is 2. The third-order valence-corrected chi connectivity index (χ3v) is 4.58.